The fourth-order valence-corrected chi connectivity index (χ4v) is 1.64. The fourth-order valence-electron chi connectivity index (χ4n) is 1.64. The van der Waals surface area contributed by atoms with Gasteiger partial charge in [0.15, 0.2) is 0 Å². The van der Waals surface area contributed by atoms with Crippen LogP contribution in [0.15, 0.2) is 24.3 Å². The van der Waals surface area contributed by atoms with Gasteiger partial charge < -0.3 is 9.84 Å². The van der Waals surface area contributed by atoms with Gasteiger partial charge in [0.25, 0.3) is 0 Å². The molecule has 3 nitrogen and oxygen atoms in total. The Labute approximate surface area is 96.1 Å². The summed E-state index contributed by atoms with van der Waals surface area (Å²) in [6.45, 7) is 5.57. The molecule has 0 aromatic heterocycles. The SMILES string of the molecule is CCOC(=O)Cc1ccccc1C(C)(C)O. The third-order valence-corrected chi connectivity index (χ3v) is 2.32. The zero-order valence-corrected chi connectivity index (χ0v) is 9.99. The number of aliphatic hydroxyl groups is 1. The molecular formula is C13H18O3. The summed E-state index contributed by atoms with van der Waals surface area (Å²) in [6.07, 6.45) is 0.202. The van der Waals surface area contributed by atoms with Crippen molar-refractivity contribution < 1.29 is 14.6 Å². The van der Waals surface area contributed by atoms with Crippen LogP contribution in [0.5, 0.6) is 0 Å². The quantitative estimate of drug-likeness (QED) is 0.793. The maximum atomic E-state index is 11.4. The molecule has 3 heteroatoms. The van der Waals surface area contributed by atoms with Gasteiger partial charge in [0, 0.05) is 0 Å². The minimum atomic E-state index is -0.941. The number of rotatable bonds is 4. The summed E-state index contributed by atoms with van der Waals surface area (Å²) in [5.74, 6) is -0.265. The van der Waals surface area contributed by atoms with E-state index in [1.165, 1.54) is 0 Å². The predicted molar refractivity (Wildman–Crippen MR) is 62.0 cm³/mol. The topological polar surface area (TPSA) is 46.5 Å². The summed E-state index contributed by atoms with van der Waals surface area (Å²) in [5.41, 5.74) is 0.639. The van der Waals surface area contributed by atoms with E-state index in [2.05, 4.69) is 0 Å². The first-order valence-corrected chi connectivity index (χ1v) is 5.41. The van der Waals surface area contributed by atoms with Crippen molar-refractivity contribution in [2.24, 2.45) is 0 Å². The molecule has 1 rings (SSSR count). The van der Waals surface area contributed by atoms with Crippen LogP contribution in [0.1, 0.15) is 31.9 Å². The number of benzene rings is 1. The average Bonchev–Trinajstić information content (AvgIpc) is 2.17. The highest BCUT2D eigenvalue weighted by Crippen LogP contribution is 2.23. The second-order valence-corrected chi connectivity index (χ2v) is 4.20. The smallest absolute Gasteiger partial charge is 0.310 e. The first kappa shape index (κ1) is 12.7. The maximum Gasteiger partial charge on any atom is 0.310 e. The van der Waals surface area contributed by atoms with Gasteiger partial charge in [-0.25, -0.2) is 0 Å². The number of ether oxygens (including phenoxy) is 1. The largest absolute Gasteiger partial charge is 0.466 e. The Morgan fingerprint density at radius 2 is 2.00 bits per heavy atom. The van der Waals surface area contributed by atoms with Crippen molar-refractivity contribution in [3.8, 4) is 0 Å². The van der Waals surface area contributed by atoms with Gasteiger partial charge in [-0.2, -0.15) is 0 Å². The van der Waals surface area contributed by atoms with E-state index in [9.17, 15) is 9.90 Å². The lowest BCUT2D eigenvalue weighted by molar-refractivity contribution is -0.142. The van der Waals surface area contributed by atoms with Gasteiger partial charge in [0.05, 0.1) is 18.6 Å². The molecule has 0 bridgehead atoms. The number of carbonyl (C=O) groups is 1. The van der Waals surface area contributed by atoms with Crippen LogP contribution in [0.25, 0.3) is 0 Å². The monoisotopic (exact) mass is 222 g/mol. The Kier molecular flexibility index (Phi) is 4.07. The van der Waals surface area contributed by atoms with Crippen molar-refractivity contribution in [1.82, 2.24) is 0 Å². The van der Waals surface area contributed by atoms with Gasteiger partial charge >= 0.3 is 5.97 Å². The molecule has 0 fully saturated rings. The molecule has 88 valence electrons. The second-order valence-electron chi connectivity index (χ2n) is 4.20. The lowest BCUT2D eigenvalue weighted by Gasteiger charge is -2.21. The van der Waals surface area contributed by atoms with Gasteiger partial charge in [-0.05, 0) is 31.9 Å². The molecule has 0 saturated heterocycles. The lowest BCUT2D eigenvalue weighted by Crippen LogP contribution is -2.19. The Hall–Kier alpha value is -1.35. The first-order chi connectivity index (χ1) is 7.45. The van der Waals surface area contributed by atoms with E-state index in [4.69, 9.17) is 4.74 Å². The first-order valence-electron chi connectivity index (χ1n) is 5.41. The van der Waals surface area contributed by atoms with Gasteiger partial charge in [0.2, 0.25) is 0 Å². The molecule has 0 amide bonds. The second kappa shape index (κ2) is 5.12. The van der Waals surface area contributed by atoms with Gasteiger partial charge in [-0.1, -0.05) is 24.3 Å². The molecule has 0 heterocycles. The summed E-state index contributed by atoms with van der Waals surface area (Å²) < 4.78 is 4.89. The molecule has 1 aromatic rings. The van der Waals surface area contributed by atoms with E-state index in [0.29, 0.717) is 6.61 Å². The maximum absolute atomic E-state index is 11.4. The highest BCUT2D eigenvalue weighted by molar-refractivity contribution is 5.73. The highest BCUT2D eigenvalue weighted by atomic mass is 16.5. The summed E-state index contributed by atoms with van der Waals surface area (Å²) in [7, 11) is 0. The van der Waals surface area contributed by atoms with Crippen LogP contribution < -0.4 is 0 Å². The van der Waals surface area contributed by atoms with Crippen LogP contribution in [0, 0.1) is 0 Å². The Morgan fingerprint density at radius 3 is 2.56 bits per heavy atom. The Morgan fingerprint density at radius 1 is 1.38 bits per heavy atom. The van der Waals surface area contributed by atoms with E-state index < -0.39 is 5.60 Å². The van der Waals surface area contributed by atoms with E-state index in [1.54, 1.807) is 20.8 Å². The van der Waals surface area contributed by atoms with Crippen molar-refractivity contribution in [2.45, 2.75) is 32.8 Å². The zero-order valence-electron chi connectivity index (χ0n) is 9.99. The molecule has 0 aliphatic rings. The van der Waals surface area contributed by atoms with Crippen LogP contribution >= 0.6 is 0 Å². The van der Waals surface area contributed by atoms with Gasteiger partial charge in [-0.3, -0.25) is 4.79 Å². The van der Waals surface area contributed by atoms with Crippen LogP contribution in [0.3, 0.4) is 0 Å². The minimum absolute atomic E-state index is 0.202. The summed E-state index contributed by atoms with van der Waals surface area (Å²) in [5, 5.41) is 9.96. The molecule has 0 saturated carbocycles. The summed E-state index contributed by atoms with van der Waals surface area (Å²) >= 11 is 0. The van der Waals surface area contributed by atoms with Crippen LogP contribution in [0.2, 0.25) is 0 Å². The zero-order chi connectivity index (χ0) is 12.2. The van der Waals surface area contributed by atoms with Crippen molar-refractivity contribution in [2.75, 3.05) is 6.61 Å². The average molecular weight is 222 g/mol. The van der Waals surface area contributed by atoms with E-state index in [0.717, 1.165) is 11.1 Å². The van der Waals surface area contributed by atoms with Crippen LogP contribution in [-0.4, -0.2) is 17.7 Å². The molecule has 0 atom stereocenters. The standard InChI is InChI=1S/C13H18O3/c1-4-16-12(14)9-10-7-5-6-8-11(10)13(2,3)15/h5-8,15H,4,9H2,1-3H3. The molecular weight excluding hydrogens is 204 g/mol. The van der Waals surface area contributed by atoms with Crippen LogP contribution in [0.4, 0.5) is 0 Å². The van der Waals surface area contributed by atoms with E-state index >= 15 is 0 Å². The molecule has 16 heavy (non-hydrogen) atoms. The van der Waals surface area contributed by atoms with E-state index in [-0.39, 0.29) is 12.4 Å². The van der Waals surface area contributed by atoms with Crippen molar-refractivity contribution in [1.29, 1.82) is 0 Å². The molecule has 0 spiro atoms. The fraction of sp³-hybridized carbons (Fsp3) is 0.462. The van der Waals surface area contributed by atoms with Crippen LogP contribution in [-0.2, 0) is 21.6 Å². The normalized spacial score (nSPS) is 11.2. The molecule has 0 aliphatic carbocycles. The predicted octanol–water partition coefficient (Wildman–Crippen LogP) is 2.02. The van der Waals surface area contributed by atoms with E-state index in [1.807, 2.05) is 24.3 Å². The number of esters is 1. The number of hydrogen-bond donors (Lipinski definition) is 1. The minimum Gasteiger partial charge on any atom is -0.466 e. The third-order valence-electron chi connectivity index (χ3n) is 2.32. The molecule has 1 N–H and O–H groups in total. The number of hydrogen-bond acceptors (Lipinski definition) is 3. The lowest BCUT2D eigenvalue weighted by atomic mass is 9.92. The van der Waals surface area contributed by atoms with Gasteiger partial charge in [0.1, 0.15) is 0 Å². The highest BCUT2D eigenvalue weighted by Gasteiger charge is 2.20. The Balaban J connectivity index is 2.92. The third kappa shape index (κ3) is 3.35. The summed E-state index contributed by atoms with van der Waals surface area (Å²) in [4.78, 5) is 11.4. The molecule has 0 unspecified atom stereocenters. The molecule has 0 aliphatic heterocycles. The Bertz CT molecular complexity index is 364. The molecule has 1 aromatic carbocycles. The summed E-state index contributed by atoms with van der Waals surface area (Å²) in [6, 6.07) is 7.37. The molecule has 0 radical (unpaired) electrons. The number of carbonyl (C=O) groups excluding carboxylic acids is 1. The van der Waals surface area contributed by atoms with Crippen molar-refractivity contribution in [3.05, 3.63) is 35.4 Å². The van der Waals surface area contributed by atoms with Crippen molar-refractivity contribution in [3.63, 3.8) is 0 Å². The van der Waals surface area contributed by atoms with Gasteiger partial charge in [-0.15, -0.1) is 0 Å². The van der Waals surface area contributed by atoms with Crippen molar-refractivity contribution >= 4 is 5.97 Å².